The topological polar surface area (TPSA) is 79.3 Å². The van der Waals surface area contributed by atoms with E-state index in [-0.39, 0.29) is 11.5 Å². The highest BCUT2D eigenvalue weighted by atomic mass is 32.1. The maximum atomic E-state index is 11.8. The van der Waals surface area contributed by atoms with Crippen molar-refractivity contribution in [3.05, 3.63) is 23.8 Å². The zero-order valence-corrected chi connectivity index (χ0v) is 11.6. The van der Waals surface area contributed by atoms with Crippen molar-refractivity contribution in [3.63, 3.8) is 0 Å². The number of aromatic carboxylic acids is 1. The van der Waals surface area contributed by atoms with E-state index in [1.54, 1.807) is 12.1 Å². The smallest absolute Gasteiger partial charge is 0.335 e. The molecule has 6 heteroatoms. The van der Waals surface area contributed by atoms with Crippen LogP contribution in [-0.2, 0) is 4.79 Å². The minimum atomic E-state index is -0.962. The number of rotatable bonds is 4. The van der Waals surface area contributed by atoms with Gasteiger partial charge in [-0.1, -0.05) is 17.8 Å². The first-order chi connectivity index (χ1) is 9.61. The number of carboxylic acid groups (broad SMARTS) is 1. The summed E-state index contributed by atoms with van der Waals surface area (Å²) in [5.74, 6) is -0.453. The number of carboxylic acids is 1. The Morgan fingerprint density at radius 2 is 2.20 bits per heavy atom. The number of hydrogen-bond acceptors (Lipinski definition) is 4. The lowest BCUT2D eigenvalue weighted by atomic mass is 9.83. The second-order valence-electron chi connectivity index (χ2n) is 5.06. The molecule has 20 heavy (non-hydrogen) atoms. The van der Waals surface area contributed by atoms with E-state index in [0.29, 0.717) is 23.0 Å². The van der Waals surface area contributed by atoms with Crippen molar-refractivity contribution < 1.29 is 14.7 Å². The largest absolute Gasteiger partial charge is 0.478 e. The predicted molar refractivity (Wildman–Crippen MR) is 77.2 cm³/mol. The Labute approximate surface area is 119 Å². The molecule has 0 atom stereocenters. The molecular formula is C14H14N2O3S. The normalized spacial score (nSPS) is 15.0. The minimum absolute atomic E-state index is 0.00721. The van der Waals surface area contributed by atoms with E-state index < -0.39 is 5.97 Å². The molecular weight excluding hydrogens is 276 g/mol. The third-order valence-electron chi connectivity index (χ3n) is 3.58. The SMILES string of the molecule is O=C(CC1CCC1)Nc1nc2ccc(C(=O)O)cc2s1. The van der Waals surface area contributed by atoms with E-state index in [0.717, 1.165) is 17.5 Å². The maximum Gasteiger partial charge on any atom is 0.335 e. The summed E-state index contributed by atoms with van der Waals surface area (Å²) in [4.78, 5) is 27.0. The molecule has 0 bridgehead atoms. The van der Waals surface area contributed by atoms with Gasteiger partial charge in [-0.3, -0.25) is 4.79 Å². The number of hydrogen-bond donors (Lipinski definition) is 2. The van der Waals surface area contributed by atoms with Crippen LogP contribution >= 0.6 is 11.3 Å². The lowest BCUT2D eigenvalue weighted by molar-refractivity contribution is -0.117. The third kappa shape index (κ3) is 2.65. The highest BCUT2D eigenvalue weighted by Gasteiger charge is 2.21. The number of nitrogens with zero attached hydrogens (tertiary/aromatic N) is 1. The number of thiazole rings is 1. The van der Waals surface area contributed by atoms with Gasteiger partial charge in [0.2, 0.25) is 5.91 Å². The molecule has 0 spiro atoms. The van der Waals surface area contributed by atoms with Crippen LogP contribution < -0.4 is 5.32 Å². The summed E-state index contributed by atoms with van der Waals surface area (Å²) in [6, 6.07) is 4.76. The second-order valence-corrected chi connectivity index (χ2v) is 6.09. The van der Waals surface area contributed by atoms with Crippen molar-refractivity contribution in [1.29, 1.82) is 0 Å². The lowest BCUT2D eigenvalue weighted by Gasteiger charge is -2.24. The van der Waals surface area contributed by atoms with Crippen molar-refractivity contribution in [1.82, 2.24) is 4.98 Å². The van der Waals surface area contributed by atoms with Crippen LogP contribution in [0.3, 0.4) is 0 Å². The van der Waals surface area contributed by atoms with E-state index in [2.05, 4.69) is 10.3 Å². The van der Waals surface area contributed by atoms with E-state index in [9.17, 15) is 9.59 Å². The van der Waals surface area contributed by atoms with Crippen LogP contribution in [0.5, 0.6) is 0 Å². The van der Waals surface area contributed by atoms with Gasteiger partial charge in [0.25, 0.3) is 0 Å². The standard InChI is InChI=1S/C14H14N2O3S/c17-12(6-8-2-1-3-8)16-14-15-10-5-4-9(13(18)19)7-11(10)20-14/h4-5,7-8H,1-3,6H2,(H,18,19)(H,15,16,17). The zero-order valence-electron chi connectivity index (χ0n) is 10.8. The molecule has 1 fully saturated rings. The molecule has 1 aliphatic carbocycles. The van der Waals surface area contributed by atoms with Gasteiger partial charge in [-0.2, -0.15) is 0 Å². The third-order valence-corrected chi connectivity index (χ3v) is 4.51. The van der Waals surface area contributed by atoms with Gasteiger partial charge in [0.15, 0.2) is 5.13 Å². The number of fused-ring (bicyclic) bond motifs is 1. The van der Waals surface area contributed by atoms with Crippen LogP contribution in [0.4, 0.5) is 5.13 Å². The van der Waals surface area contributed by atoms with Crippen LogP contribution in [0, 0.1) is 5.92 Å². The molecule has 1 aliphatic rings. The second kappa shape index (κ2) is 5.20. The summed E-state index contributed by atoms with van der Waals surface area (Å²) in [5.41, 5.74) is 0.937. The summed E-state index contributed by atoms with van der Waals surface area (Å²) in [6.45, 7) is 0. The minimum Gasteiger partial charge on any atom is -0.478 e. The van der Waals surface area contributed by atoms with Crippen molar-refractivity contribution in [3.8, 4) is 0 Å². The average molecular weight is 290 g/mol. The monoisotopic (exact) mass is 290 g/mol. The molecule has 2 N–H and O–H groups in total. The first kappa shape index (κ1) is 13.1. The molecule has 2 aromatic rings. The number of benzene rings is 1. The molecule has 0 saturated heterocycles. The van der Waals surface area contributed by atoms with E-state index in [1.165, 1.54) is 23.8 Å². The molecule has 1 saturated carbocycles. The fourth-order valence-electron chi connectivity index (χ4n) is 2.24. The molecule has 1 aromatic heterocycles. The molecule has 3 rings (SSSR count). The summed E-state index contributed by atoms with van der Waals surface area (Å²) in [6.07, 6.45) is 4.04. The number of aromatic nitrogens is 1. The molecule has 1 aromatic carbocycles. The van der Waals surface area contributed by atoms with Crippen LogP contribution in [0.25, 0.3) is 10.2 Å². The Morgan fingerprint density at radius 3 is 2.85 bits per heavy atom. The molecule has 5 nitrogen and oxygen atoms in total. The molecule has 0 radical (unpaired) electrons. The number of carbonyl (C=O) groups excluding carboxylic acids is 1. The fraction of sp³-hybridized carbons (Fsp3) is 0.357. The van der Waals surface area contributed by atoms with Crippen LogP contribution in [0.15, 0.2) is 18.2 Å². The predicted octanol–water partition coefficient (Wildman–Crippen LogP) is 3.12. The highest BCUT2D eigenvalue weighted by molar-refractivity contribution is 7.22. The first-order valence-corrected chi connectivity index (χ1v) is 7.37. The Kier molecular flexibility index (Phi) is 3.40. The summed E-state index contributed by atoms with van der Waals surface area (Å²) >= 11 is 1.30. The van der Waals surface area contributed by atoms with Crippen molar-refractivity contribution in [2.24, 2.45) is 5.92 Å². The number of carbonyl (C=O) groups is 2. The molecule has 0 unspecified atom stereocenters. The van der Waals surface area contributed by atoms with E-state index >= 15 is 0 Å². The van der Waals surface area contributed by atoms with Crippen molar-refractivity contribution >= 4 is 38.6 Å². The van der Waals surface area contributed by atoms with Crippen LogP contribution in [0.1, 0.15) is 36.0 Å². The molecule has 104 valence electrons. The van der Waals surface area contributed by atoms with Crippen molar-refractivity contribution in [2.45, 2.75) is 25.7 Å². The fourth-order valence-corrected chi connectivity index (χ4v) is 3.16. The van der Waals surface area contributed by atoms with Gasteiger partial charge < -0.3 is 10.4 Å². The van der Waals surface area contributed by atoms with E-state index in [1.807, 2.05) is 0 Å². The van der Waals surface area contributed by atoms with Gasteiger partial charge >= 0.3 is 5.97 Å². The number of nitrogens with one attached hydrogen (secondary N) is 1. The van der Waals surface area contributed by atoms with E-state index in [4.69, 9.17) is 5.11 Å². The number of anilines is 1. The van der Waals surface area contributed by atoms with Gasteiger partial charge in [-0.25, -0.2) is 9.78 Å². The zero-order chi connectivity index (χ0) is 14.1. The quantitative estimate of drug-likeness (QED) is 0.906. The maximum absolute atomic E-state index is 11.8. The number of amides is 1. The van der Waals surface area contributed by atoms with Gasteiger partial charge in [0, 0.05) is 6.42 Å². The Morgan fingerprint density at radius 1 is 1.40 bits per heavy atom. The Hall–Kier alpha value is -1.95. The van der Waals surface area contributed by atoms with Crippen molar-refractivity contribution in [2.75, 3.05) is 5.32 Å². The van der Waals surface area contributed by atoms with Gasteiger partial charge in [-0.05, 0) is 37.0 Å². The summed E-state index contributed by atoms with van der Waals surface area (Å²) < 4.78 is 0.767. The Bertz CT molecular complexity index is 676. The van der Waals surface area contributed by atoms with Crippen LogP contribution in [0.2, 0.25) is 0 Å². The first-order valence-electron chi connectivity index (χ1n) is 6.55. The highest BCUT2D eigenvalue weighted by Crippen LogP contribution is 2.31. The van der Waals surface area contributed by atoms with Gasteiger partial charge in [0.1, 0.15) is 0 Å². The van der Waals surface area contributed by atoms with Crippen LogP contribution in [-0.4, -0.2) is 22.0 Å². The summed E-state index contributed by atoms with van der Waals surface area (Å²) in [7, 11) is 0. The lowest BCUT2D eigenvalue weighted by Crippen LogP contribution is -2.20. The molecule has 0 aliphatic heterocycles. The Balaban J connectivity index is 1.74. The van der Waals surface area contributed by atoms with Gasteiger partial charge in [-0.15, -0.1) is 0 Å². The summed E-state index contributed by atoms with van der Waals surface area (Å²) in [5, 5.41) is 12.3. The molecule has 1 amide bonds. The average Bonchev–Trinajstić information content (AvgIpc) is 2.74. The van der Waals surface area contributed by atoms with Gasteiger partial charge in [0.05, 0.1) is 15.8 Å². The molecule has 1 heterocycles.